The van der Waals surface area contributed by atoms with Crippen LogP contribution in [0.25, 0.3) is 0 Å². The highest BCUT2D eigenvalue weighted by Gasteiger charge is 2.31. The van der Waals surface area contributed by atoms with Crippen molar-refractivity contribution in [1.82, 2.24) is 15.7 Å². The molecule has 15 heteroatoms. The molecule has 0 saturated heterocycles. The van der Waals surface area contributed by atoms with E-state index in [2.05, 4.69) is 42.7 Å². The lowest BCUT2D eigenvalue weighted by Crippen LogP contribution is -2.50. The zero-order valence-corrected chi connectivity index (χ0v) is 26.0. The third-order valence-corrected chi connectivity index (χ3v) is 7.43. The molecule has 39 heavy (non-hydrogen) atoms. The number of ether oxygens (including phenoxy) is 4. The smallest absolute Gasteiger partial charge is 0.333 e. The Balaban J connectivity index is 2.15. The van der Waals surface area contributed by atoms with E-state index in [1.54, 1.807) is 44.2 Å². The number of benzene rings is 2. The van der Waals surface area contributed by atoms with E-state index in [1.165, 1.54) is 0 Å². The number of aromatic hydroxyl groups is 1. The Morgan fingerprint density at radius 3 is 2.00 bits per heavy atom. The molecule has 0 spiro atoms. The summed E-state index contributed by atoms with van der Waals surface area (Å²) in [6, 6.07) is 8.03. The van der Waals surface area contributed by atoms with Gasteiger partial charge in [0.2, 0.25) is 0 Å². The van der Waals surface area contributed by atoms with Gasteiger partial charge in [0.15, 0.2) is 12.1 Å². The first kappa shape index (κ1) is 33.0. The zero-order chi connectivity index (χ0) is 29.2. The molecule has 0 radical (unpaired) electrons. The molecule has 12 nitrogen and oxygen atoms in total. The van der Waals surface area contributed by atoms with Crippen LogP contribution in [0.15, 0.2) is 39.3 Å². The number of nitrogens with zero attached hydrogens (tertiary/aromatic N) is 1. The quantitative estimate of drug-likeness (QED) is 0.115. The predicted molar refractivity (Wildman–Crippen MR) is 151 cm³/mol. The first-order valence-corrected chi connectivity index (χ1v) is 15.3. The standard InChI is InChI=1S/C24H32Br2N3O9P/c1-5-35-22(31)12-27-29(28-13-23(32)36-6-2)39(33,34)14-37-17-10-19(25)24(20(26)11-17)38-16-7-8-21(30)18(9-16)15(3)4/h7-11,15,27-28,30H,5-6,12-14H2,1-4H3,(H,33,34). The molecule has 216 valence electrons. The number of rotatable bonds is 15. The van der Waals surface area contributed by atoms with E-state index < -0.39 is 38.9 Å². The second-order valence-corrected chi connectivity index (χ2v) is 11.9. The van der Waals surface area contributed by atoms with Gasteiger partial charge in [0.1, 0.15) is 30.3 Å². The van der Waals surface area contributed by atoms with E-state index in [9.17, 15) is 24.2 Å². The topological polar surface area (TPSA) is 156 Å². The summed E-state index contributed by atoms with van der Waals surface area (Å²) in [5.74, 6) is 0.0717. The van der Waals surface area contributed by atoms with Gasteiger partial charge in [-0.15, -0.1) is 0 Å². The molecule has 2 rings (SSSR count). The fourth-order valence-corrected chi connectivity index (χ4v) is 5.41. The molecule has 1 atom stereocenters. The van der Waals surface area contributed by atoms with Gasteiger partial charge in [-0.05, 0) is 82.0 Å². The van der Waals surface area contributed by atoms with Crippen LogP contribution in [0, 0.1) is 0 Å². The molecular weight excluding hydrogens is 665 g/mol. The highest BCUT2D eigenvalue weighted by atomic mass is 79.9. The van der Waals surface area contributed by atoms with Gasteiger partial charge in [-0.1, -0.05) is 18.7 Å². The second-order valence-electron chi connectivity index (χ2n) is 8.22. The summed E-state index contributed by atoms with van der Waals surface area (Å²) in [5, 5.41) is 10.1. The van der Waals surface area contributed by atoms with Crippen LogP contribution in [0.2, 0.25) is 0 Å². The van der Waals surface area contributed by atoms with Crippen LogP contribution in [0.1, 0.15) is 39.2 Å². The Hall–Kier alpha value is -2.19. The summed E-state index contributed by atoms with van der Waals surface area (Å²) >= 11 is 6.85. The number of hydrogen-bond acceptors (Lipinski definition) is 10. The summed E-state index contributed by atoms with van der Waals surface area (Å²) in [4.78, 5) is 34.8. The van der Waals surface area contributed by atoms with Crippen LogP contribution in [-0.2, 0) is 23.6 Å². The monoisotopic (exact) mass is 695 g/mol. The fourth-order valence-electron chi connectivity index (χ4n) is 3.09. The van der Waals surface area contributed by atoms with E-state index in [0.29, 0.717) is 25.3 Å². The van der Waals surface area contributed by atoms with E-state index in [-0.39, 0.29) is 30.6 Å². The van der Waals surface area contributed by atoms with E-state index >= 15 is 0 Å². The van der Waals surface area contributed by atoms with Crippen molar-refractivity contribution in [3.63, 3.8) is 0 Å². The lowest BCUT2D eigenvalue weighted by molar-refractivity contribution is -0.143. The SMILES string of the molecule is CCOC(=O)CNN(NCC(=O)OCC)P(=O)(O)COc1cc(Br)c(Oc2ccc(O)c(C(C)C)c2)c(Br)c1. The first-order chi connectivity index (χ1) is 18.4. The third kappa shape index (κ3) is 10.4. The number of phenolic OH excluding ortho intramolecular Hbond substituents is 1. The number of halogens is 2. The average molecular weight is 697 g/mol. The molecule has 1 unspecified atom stereocenters. The molecule has 4 N–H and O–H groups in total. The number of carbonyl (C=O) groups is 2. The molecule has 0 saturated carbocycles. The third-order valence-electron chi connectivity index (χ3n) is 4.88. The summed E-state index contributed by atoms with van der Waals surface area (Å²) in [6.07, 6.45) is -0.715. The van der Waals surface area contributed by atoms with Crippen molar-refractivity contribution >= 4 is 51.3 Å². The van der Waals surface area contributed by atoms with Crippen molar-refractivity contribution in [2.45, 2.75) is 33.6 Å². The number of hydrogen-bond donors (Lipinski definition) is 4. The van der Waals surface area contributed by atoms with Gasteiger partial charge in [0.25, 0.3) is 0 Å². The van der Waals surface area contributed by atoms with Crippen LogP contribution in [0.3, 0.4) is 0 Å². The molecule has 0 heterocycles. The maximum Gasteiger partial charge on any atom is 0.333 e. The van der Waals surface area contributed by atoms with Crippen LogP contribution in [0.4, 0.5) is 0 Å². The minimum absolute atomic E-state index is 0.0866. The number of esters is 2. The lowest BCUT2D eigenvalue weighted by atomic mass is 10.0. The Morgan fingerprint density at radius 2 is 1.51 bits per heavy atom. The molecule has 0 bridgehead atoms. The Bertz CT molecular complexity index is 1150. The van der Waals surface area contributed by atoms with Crippen LogP contribution < -0.4 is 20.3 Å². The summed E-state index contributed by atoms with van der Waals surface area (Å²) < 4.78 is 35.3. The maximum atomic E-state index is 13.1. The molecule has 2 aromatic carbocycles. The Kier molecular flexibility index (Phi) is 13.2. The van der Waals surface area contributed by atoms with Gasteiger partial charge in [0, 0.05) is 5.56 Å². The van der Waals surface area contributed by atoms with Crippen molar-refractivity contribution in [3.8, 4) is 23.0 Å². The van der Waals surface area contributed by atoms with Gasteiger partial charge in [-0.3, -0.25) is 14.2 Å². The highest BCUT2D eigenvalue weighted by molar-refractivity contribution is 9.11. The summed E-state index contributed by atoms with van der Waals surface area (Å²) in [6.45, 7) is 6.55. The number of phenols is 1. The minimum atomic E-state index is -4.35. The Labute approximate surface area is 243 Å². The van der Waals surface area contributed by atoms with E-state index in [0.717, 1.165) is 5.56 Å². The van der Waals surface area contributed by atoms with Crippen molar-refractivity contribution in [1.29, 1.82) is 0 Å². The number of hydrazine groups is 2. The summed E-state index contributed by atoms with van der Waals surface area (Å²) in [7, 11) is -4.35. The maximum absolute atomic E-state index is 13.1. The fraction of sp³-hybridized carbons (Fsp3) is 0.417. The van der Waals surface area contributed by atoms with Gasteiger partial charge in [-0.25, -0.2) is 10.9 Å². The van der Waals surface area contributed by atoms with Gasteiger partial charge >= 0.3 is 19.5 Å². The first-order valence-electron chi connectivity index (χ1n) is 11.9. The van der Waals surface area contributed by atoms with Crippen LogP contribution >= 0.6 is 39.4 Å². The predicted octanol–water partition coefficient (Wildman–Crippen LogP) is 4.79. The van der Waals surface area contributed by atoms with Crippen LogP contribution in [-0.4, -0.2) is 59.5 Å². The molecular formula is C24H32Br2N3O9P. The molecule has 0 aliphatic rings. The van der Waals surface area contributed by atoms with E-state index in [1.807, 2.05) is 13.8 Å². The molecule has 0 fully saturated rings. The van der Waals surface area contributed by atoms with Crippen molar-refractivity contribution in [2.24, 2.45) is 0 Å². The normalized spacial score (nSPS) is 12.7. The molecule has 2 aromatic rings. The average Bonchev–Trinajstić information content (AvgIpc) is 2.86. The Morgan fingerprint density at radius 1 is 0.974 bits per heavy atom. The van der Waals surface area contributed by atoms with Crippen molar-refractivity contribution in [2.75, 3.05) is 32.7 Å². The molecule has 0 aliphatic heterocycles. The van der Waals surface area contributed by atoms with Crippen molar-refractivity contribution in [3.05, 3.63) is 44.8 Å². The highest BCUT2D eigenvalue weighted by Crippen LogP contribution is 2.45. The number of nitrogens with one attached hydrogen (secondary N) is 2. The number of carbonyl (C=O) groups excluding carboxylic acids is 2. The zero-order valence-electron chi connectivity index (χ0n) is 21.9. The van der Waals surface area contributed by atoms with Gasteiger partial charge < -0.3 is 28.9 Å². The van der Waals surface area contributed by atoms with Gasteiger partial charge in [-0.2, -0.15) is 0 Å². The molecule has 0 aromatic heterocycles. The minimum Gasteiger partial charge on any atom is -0.508 e. The molecule has 0 aliphatic carbocycles. The van der Waals surface area contributed by atoms with E-state index in [4.69, 9.17) is 18.9 Å². The second kappa shape index (κ2) is 15.6. The largest absolute Gasteiger partial charge is 0.508 e. The van der Waals surface area contributed by atoms with Crippen molar-refractivity contribution < 1.29 is 43.1 Å². The molecule has 0 amide bonds. The van der Waals surface area contributed by atoms with Gasteiger partial charge in [0.05, 0.1) is 22.2 Å². The summed E-state index contributed by atoms with van der Waals surface area (Å²) in [5.41, 5.74) is 5.62. The van der Waals surface area contributed by atoms with Crippen LogP contribution in [0.5, 0.6) is 23.0 Å². The lowest BCUT2D eigenvalue weighted by Gasteiger charge is -2.27.